The van der Waals surface area contributed by atoms with E-state index in [0.717, 1.165) is 55.0 Å². The highest BCUT2D eigenvalue weighted by Gasteiger charge is 2.30. The zero-order chi connectivity index (χ0) is 23.4. The Morgan fingerprint density at radius 3 is 1.88 bits per heavy atom. The van der Waals surface area contributed by atoms with Crippen molar-refractivity contribution in [1.82, 2.24) is 4.31 Å². The Hall–Kier alpha value is -0.733. The van der Waals surface area contributed by atoms with Crippen molar-refractivity contribution in [3.8, 4) is 0 Å². The topological polar surface area (TPSA) is 63.7 Å². The number of carbonyl (C=O) groups excluding carboxylic acids is 3. The number of amides is 2. The van der Waals surface area contributed by atoms with Crippen LogP contribution in [0.1, 0.15) is 81.0 Å². The first-order chi connectivity index (χ1) is 15.3. The molecule has 0 aliphatic carbocycles. The van der Waals surface area contributed by atoms with Crippen LogP contribution in [0.5, 0.6) is 0 Å². The Kier molecular flexibility index (Phi) is 12.5. The number of hydrogen-bond acceptors (Lipinski definition) is 5. The molecular weight excluding hydrogens is 509 g/mol. The van der Waals surface area contributed by atoms with Gasteiger partial charge >= 0.3 is 12.0 Å². The third-order valence-electron chi connectivity index (χ3n) is 5.13. The van der Waals surface area contributed by atoms with Crippen LogP contribution in [0.25, 0.3) is 0 Å². The molecule has 0 saturated carbocycles. The van der Waals surface area contributed by atoms with Crippen LogP contribution in [-0.4, -0.2) is 34.7 Å². The van der Waals surface area contributed by atoms with E-state index in [4.69, 9.17) is 38.0 Å². The molecular formula is C22H30Cl3NO4SSi. The molecule has 5 nitrogen and oxygen atoms in total. The van der Waals surface area contributed by atoms with Crippen molar-refractivity contribution in [2.75, 3.05) is 6.61 Å². The van der Waals surface area contributed by atoms with Gasteiger partial charge in [-0.1, -0.05) is 51.4 Å². The van der Waals surface area contributed by atoms with Gasteiger partial charge < -0.3 is 4.74 Å². The van der Waals surface area contributed by atoms with E-state index in [0.29, 0.717) is 12.2 Å². The lowest BCUT2D eigenvalue weighted by molar-refractivity contribution is -0.131. The van der Waals surface area contributed by atoms with Crippen molar-refractivity contribution in [2.45, 2.75) is 81.6 Å². The minimum Gasteiger partial charge on any atom is -0.462 e. The van der Waals surface area contributed by atoms with Crippen molar-refractivity contribution in [1.29, 1.82) is 0 Å². The van der Waals surface area contributed by atoms with Crippen molar-refractivity contribution in [3.63, 3.8) is 0 Å². The number of ether oxygens (including phenoxy) is 1. The maximum absolute atomic E-state index is 12.2. The van der Waals surface area contributed by atoms with E-state index in [1.54, 1.807) is 24.3 Å². The second kappa shape index (κ2) is 14.5. The van der Waals surface area contributed by atoms with Gasteiger partial charge in [-0.05, 0) is 48.7 Å². The lowest BCUT2D eigenvalue weighted by Crippen LogP contribution is -2.20. The van der Waals surface area contributed by atoms with E-state index >= 15 is 0 Å². The van der Waals surface area contributed by atoms with E-state index in [1.165, 1.54) is 30.0 Å². The molecule has 0 atom stereocenters. The number of carbonyl (C=O) groups is 3. The summed E-state index contributed by atoms with van der Waals surface area (Å²) in [5.74, 6) is -0.712. The molecule has 0 N–H and O–H groups in total. The number of unbranched alkanes of at least 4 members (excludes halogenated alkanes) is 8. The fourth-order valence-electron chi connectivity index (χ4n) is 3.33. The molecule has 0 bridgehead atoms. The van der Waals surface area contributed by atoms with Crippen LogP contribution in [-0.2, 0) is 14.3 Å². The first-order valence-corrected chi connectivity index (χ1v) is 17.2. The fourth-order valence-corrected chi connectivity index (χ4v) is 6.04. The van der Waals surface area contributed by atoms with Crippen LogP contribution in [0.3, 0.4) is 0 Å². The van der Waals surface area contributed by atoms with Crippen LogP contribution < -0.4 is 0 Å². The monoisotopic (exact) mass is 537 g/mol. The average Bonchev–Trinajstić information content (AvgIpc) is 3.06. The normalized spacial score (nSPS) is 14.3. The maximum atomic E-state index is 12.2. The number of benzene rings is 1. The van der Waals surface area contributed by atoms with Crippen LogP contribution in [0, 0.1) is 0 Å². The first kappa shape index (κ1) is 27.5. The van der Waals surface area contributed by atoms with Crippen molar-refractivity contribution >= 4 is 69.0 Å². The maximum Gasteiger partial charge on any atom is 0.341 e. The Labute approximate surface area is 209 Å². The molecule has 0 unspecified atom stereocenters. The van der Waals surface area contributed by atoms with Gasteiger partial charge in [0.05, 0.1) is 12.2 Å². The van der Waals surface area contributed by atoms with Gasteiger partial charge in [0, 0.05) is 17.7 Å². The minimum absolute atomic E-state index is 0.179. The smallest absolute Gasteiger partial charge is 0.341 e. The van der Waals surface area contributed by atoms with Crippen LogP contribution in [0.15, 0.2) is 29.2 Å². The molecule has 0 aromatic heterocycles. The van der Waals surface area contributed by atoms with Gasteiger partial charge in [-0.15, -0.1) is 33.2 Å². The zero-order valence-electron chi connectivity index (χ0n) is 18.1. The van der Waals surface area contributed by atoms with Gasteiger partial charge in [-0.2, -0.15) is 0 Å². The summed E-state index contributed by atoms with van der Waals surface area (Å²) in [6.07, 6.45) is 10.5. The van der Waals surface area contributed by atoms with E-state index in [1.807, 2.05) is 0 Å². The molecule has 10 heteroatoms. The second-order valence-corrected chi connectivity index (χ2v) is 18.2. The standard InChI is InChI=1S/C22H30Cl3NO4SSi/c23-32(24,25)17-9-7-5-3-1-2-4-6-8-16-30-22(29)18-10-12-19(13-11-18)31-26-20(27)14-15-21(26)28/h10-13H,1-9,14-17H2. The summed E-state index contributed by atoms with van der Waals surface area (Å²) < 4.78 is 6.52. The highest BCUT2D eigenvalue weighted by molar-refractivity contribution is 7.98. The molecule has 0 radical (unpaired) electrons. The van der Waals surface area contributed by atoms with Crippen molar-refractivity contribution < 1.29 is 19.1 Å². The highest BCUT2D eigenvalue weighted by Crippen LogP contribution is 2.29. The number of hydrogen-bond donors (Lipinski definition) is 0. The second-order valence-electron chi connectivity index (χ2n) is 7.88. The van der Waals surface area contributed by atoms with Gasteiger partial charge in [-0.25, -0.2) is 9.10 Å². The fraction of sp³-hybridized carbons (Fsp3) is 0.591. The van der Waals surface area contributed by atoms with Crippen LogP contribution in [0.4, 0.5) is 0 Å². The summed E-state index contributed by atoms with van der Waals surface area (Å²) in [6, 6.07) is 5.07. The predicted molar refractivity (Wildman–Crippen MR) is 133 cm³/mol. The number of nitrogens with zero attached hydrogens (tertiary/aromatic N) is 1. The summed E-state index contributed by atoms with van der Waals surface area (Å²) >= 11 is 18.7. The largest absolute Gasteiger partial charge is 0.462 e. The molecule has 178 valence electrons. The number of esters is 1. The molecule has 2 amide bonds. The molecule has 0 spiro atoms. The molecule has 1 fully saturated rings. The third kappa shape index (κ3) is 10.9. The average molecular weight is 539 g/mol. The van der Waals surface area contributed by atoms with E-state index in [9.17, 15) is 14.4 Å². The van der Waals surface area contributed by atoms with Gasteiger partial charge in [0.25, 0.3) is 0 Å². The molecule has 1 aromatic rings. The molecule has 1 aliphatic rings. The Morgan fingerprint density at radius 1 is 0.844 bits per heavy atom. The van der Waals surface area contributed by atoms with Gasteiger partial charge in [0.2, 0.25) is 11.8 Å². The Balaban J connectivity index is 1.50. The summed E-state index contributed by atoms with van der Waals surface area (Å²) in [6.45, 7) is 0.410. The van der Waals surface area contributed by atoms with Gasteiger partial charge in [0.15, 0.2) is 0 Å². The number of rotatable bonds is 15. The van der Waals surface area contributed by atoms with E-state index in [-0.39, 0.29) is 30.6 Å². The predicted octanol–water partition coefficient (Wildman–Crippen LogP) is 7.17. The van der Waals surface area contributed by atoms with Crippen molar-refractivity contribution in [2.24, 2.45) is 0 Å². The first-order valence-electron chi connectivity index (χ1n) is 11.1. The van der Waals surface area contributed by atoms with Gasteiger partial charge in [-0.3, -0.25) is 9.59 Å². The quantitative estimate of drug-likeness (QED) is 0.0591. The van der Waals surface area contributed by atoms with Crippen LogP contribution >= 0.6 is 45.2 Å². The lowest BCUT2D eigenvalue weighted by atomic mass is 10.1. The van der Waals surface area contributed by atoms with Crippen LogP contribution in [0.2, 0.25) is 6.04 Å². The molecule has 2 rings (SSSR count). The summed E-state index contributed by atoms with van der Waals surface area (Å²) in [5.41, 5.74) is 0.464. The number of halogens is 3. The van der Waals surface area contributed by atoms with Gasteiger partial charge in [0.1, 0.15) is 0 Å². The van der Waals surface area contributed by atoms with E-state index < -0.39 is 6.00 Å². The number of imide groups is 1. The Morgan fingerprint density at radius 2 is 1.34 bits per heavy atom. The highest BCUT2D eigenvalue weighted by atomic mass is 35.8. The summed E-state index contributed by atoms with van der Waals surface area (Å²) in [7, 11) is 0. The van der Waals surface area contributed by atoms with Crippen molar-refractivity contribution in [3.05, 3.63) is 29.8 Å². The molecule has 1 heterocycles. The summed E-state index contributed by atoms with van der Waals surface area (Å²) in [4.78, 5) is 36.2. The molecule has 1 aliphatic heterocycles. The SMILES string of the molecule is O=C(OCCCCCCCCCCC[Si](Cl)(Cl)Cl)c1ccc(SN2C(=O)CCC2=O)cc1. The van der Waals surface area contributed by atoms with E-state index in [2.05, 4.69) is 0 Å². The minimum atomic E-state index is -2.44. The summed E-state index contributed by atoms with van der Waals surface area (Å²) in [5, 5.41) is 0. The molecule has 32 heavy (non-hydrogen) atoms. The zero-order valence-corrected chi connectivity index (χ0v) is 22.2. The third-order valence-corrected chi connectivity index (χ3v) is 8.82. The Bertz CT molecular complexity index is 743. The lowest BCUT2D eigenvalue weighted by Gasteiger charge is -2.12. The molecule has 1 aromatic carbocycles. The molecule has 1 saturated heterocycles.